The third-order valence-electron chi connectivity index (χ3n) is 4.35. The van der Waals surface area contributed by atoms with Gasteiger partial charge in [0.2, 0.25) is 17.7 Å². The first-order valence-electron chi connectivity index (χ1n) is 10.5. The lowest BCUT2D eigenvalue weighted by Crippen LogP contribution is -2.54. The van der Waals surface area contributed by atoms with Gasteiger partial charge in [0.1, 0.15) is 12.1 Å². The van der Waals surface area contributed by atoms with Crippen molar-refractivity contribution in [3.05, 3.63) is 0 Å². The Morgan fingerprint density at radius 2 is 1.58 bits per heavy atom. The molecule has 0 radical (unpaired) electrons. The highest BCUT2D eigenvalue weighted by molar-refractivity contribution is 5.92. The van der Waals surface area contributed by atoms with Gasteiger partial charge in [0.15, 0.2) is 5.96 Å². The number of hydrogen-bond acceptors (Lipinski definition) is 7. The number of carbonyl (C=O) groups is 5. The molecule has 14 nitrogen and oxygen atoms in total. The second-order valence-corrected chi connectivity index (χ2v) is 7.85. The van der Waals surface area contributed by atoms with Crippen molar-refractivity contribution in [2.24, 2.45) is 28.1 Å². The molecule has 0 spiro atoms. The summed E-state index contributed by atoms with van der Waals surface area (Å²) in [6.07, 6.45) is 0.155. The molecule has 0 aliphatic carbocycles. The minimum absolute atomic E-state index is 0.0302. The van der Waals surface area contributed by atoms with Crippen molar-refractivity contribution in [2.45, 2.75) is 64.1 Å². The third-order valence-corrected chi connectivity index (χ3v) is 4.35. The summed E-state index contributed by atoms with van der Waals surface area (Å²) in [5, 5.41) is 25.1. The number of nitrogens with two attached hydrogens (primary N) is 3. The number of carboxylic acids is 2. The van der Waals surface area contributed by atoms with Crippen molar-refractivity contribution in [3.63, 3.8) is 0 Å². The van der Waals surface area contributed by atoms with E-state index >= 15 is 0 Å². The van der Waals surface area contributed by atoms with Gasteiger partial charge in [-0.05, 0) is 31.6 Å². The van der Waals surface area contributed by atoms with Crippen LogP contribution in [0.2, 0.25) is 0 Å². The fourth-order valence-corrected chi connectivity index (χ4v) is 2.70. The summed E-state index contributed by atoms with van der Waals surface area (Å²) in [7, 11) is 0. The predicted molar refractivity (Wildman–Crippen MR) is 119 cm³/mol. The Labute approximate surface area is 191 Å². The summed E-state index contributed by atoms with van der Waals surface area (Å²) in [6.45, 7) is 3.34. The van der Waals surface area contributed by atoms with Gasteiger partial charge in [0, 0.05) is 13.0 Å². The maximum atomic E-state index is 12.5. The Morgan fingerprint density at radius 3 is 2.09 bits per heavy atom. The number of carboxylic acid groups (broad SMARTS) is 2. The van der Waals surface area contributed by atoms with Crippen LogP contribution in [-0.2, 0) is 24.0 Å². The summed E-state index contributed by atoms with van der Waals surface area (Å²) >= 11 is 0. The minimum atomic E-state index is -1.30. The summed E-state index contributed by atoms with van der Waals surface area (Å²) in [5.74, 6) is -4.76. The van der Waals surface area contributed by atoms with Crippen LogP contribution in [0.1, 0.15) is 46.0 Å². The molecule has 14 heteroatoms. The van der Waals surface area contributed by atoms with Gasteiger partial charge in [-0.1, -0.05) is 13.8 Å². The molecular weight excluding hydrogens is 438 g/mol. The normalized spacial score (nSPS) is 13.3. The Bertz CT molecular complexity index is 723. The fourth-order valence-electron chi connectivity index (χ4n) is 2.70. The van der Waals surface area contributed by atoms with Crippen LogP contribution in [-0.4, -0.2) is 77.0 Å². The molecule has 33 heavy (non-hydrogen) atoms. The average molecular weight is 474 g/mol. The molecule has 0 aromatic heterocycles. The number of carbonyl (C=O) groups excluding carboxylic acids is 3. The van der Waals surface area contributed by atoms with Crippen molar-refractivity contribution < 1.29 is 34.2 Å². The standard InChI is InChI=1S/C19H35N7O7/c1-10(2)8-13(18(32)33)26-17(31)12(5-6-15(28)29)25-14(27)9-24-16(30)11(20)4-3-7-23-19(21)22/h10-13H,3-9,20H2,1-2H3,(H,24,30)(H,25,27)(H,26,31)(H,28,29)(H,32,33)(H4,21,22,23). The number of hydrogen-bond donors (Lipinski definition) is 8. The van der Waals surface area contributed by atoms with Crippen molar-refractivity contribution in [2.75, 3.05) is 13.1 Å². The number of aliphatic imine (C=N–C) groups is 1. The van der Waals surface area contributed by atoms with Crippen molar-refractivity contribution in [1.29, 1.82) is 0 Å². The maximum absolute atomic E-state index is 12.5. The summed E-state index contributed by atoms with van der Waals surface area (Å²) < 4.78 is 0. The molecule has 0 saturated heterocycles. The minimum Gasteiger partial charge on any atom is -0.481 e. The first-order valence-corrected chi connectivity index (χ1v) is 10.5. The number of amides is 3. The van der Waals surface area contributed by atoms with Gasteiger partial charge in [0.05, 0.1) is 12.6 Å². The zero-order valence-electron chi connectivity index (χ0n) is 18.9. The van der Waals surface area contributed by atoms with E-state index in [1.54, 1.807) is 13.8 Å². The first-order chi connectivity index (χ1) is 15.3. The van der Waals surface area contributed by atoms with E-state index in [2.05, 4.69) is 20.9 Å². The van der Waals surface area contributed by atoms with E-state index < -0.39 is 60.8 Å². The van der Waals surface area contributed by atoms with Crippen molar-refractivity contribution in [1.82, 2.24) is 16.0 Å². The van der Waals surface area contributed by atoms with E-state index in [0.29, 0.717) is 6.42 Å². The molecular formula is C19H35N7O7. The fraction of sp³-hybridized carbons (Fsp3) is 0.684. The third kappa shape index (κ3) is 14.3. The first kappa shape index (κ1) is 29.6. The van der Waals surface area contributed by atoms with E-state index in [4.69, 9.17) is 22.3 Å². The summed E-state index contributed by atoms with van der Waals surface area (Å²) in [5.41, 5.74) is 16.1. The quantitative estimate of drug-likeness (QED) is 0.0661. The number of nitrogens with zero attached hydrogens (tertiary/aromatic N) is 1. The summed E-state index contributed by atoms with van der Waals surface area (Å²) in [6, 6.07) is -3.41. The topological polar surface area (TPSA) is 252 Å². The lowest BCUT2D eigenvalue weighted by molar-refractivity contribution is -0.143. The number of nitrogens with one attached hydrogen (secondary N) is 3. The van der Waals surface area contributed by atoms with Crippen LogP contribution < -0.4 is 33.2 Å². The average Bonchev–Trinajstić information content (AvgIpc) is 2.70. The zero-order chi connectivity index (χ0) is 25.6. The second-order valence-electron chi connectivity index (χ2n) is 7.85. The molecule has 0 rings (SSSR count). The lowest BCUT2D eigenvalue weighted by Gasteiger charge is -2.22. The van der Waals surface area contributed by atoms with Crippen LogP contribution in [0.5, 0.6) is 0 Å². The van der Waals surface area contributed by atoms with Crippen LogP contribution in [0, 0.1) is 5.92 Å². The van der Waals surface area contributed by atoms with Crippen LogP contribution in [0.4, 0.5) is 0 Å². The van der Waals surface area contributed by atoms with Crippen LogP contribution in [0.25, 0.3) is 0 Å². The van der Waals surface area contributed by atoms with Gasteiger partial charge in [-0.3, -0.25) is 24.2 Å². The van der Waals surface area contributed by atoms with Crippen molar-refractivity contribution in [3.8, 4) is 0 Å². The molecule has 0 bridgehead atoms. The molecule has 0 aliphatic rings. The van der Waals surface area contributed by atoms with Gasteiger partial charge in [-0.15, -0.1) is 0 Å². The van der Waals surface area contributed by atoms with Crippen LogP contribution in [0.3, 0.4) is 0 Å². The zero-order valence-corrected chi connectivity index (χ0v) is 18.9. The molecule has 0 aromatic rings. The Balaban J connectivity index is 4.85. The van der Waals surface area contributed by atoms with Gasteiger partial charge >= 0.3 is 11.9 Å². The highest BCUT2D eigenvalue weighted by Crippen LogP contribution is 2.07. The van der Waals surface area contributed by atoms with E-state index in [9.17, 15) is 29.1 Å². The molecule has 0 heterocycles. The van der Waals surface area contributed by atoms with E-state index in [0.717, 1.165) is 0 Å². The molecule has 0 aliphatic heterocycles. The number of rotatable bonds is 16. The predicted octanol–water partition coefficient (Wildman–Crippen LogP) is -2.55. The molecule has 0 fully saturated rings. The van der Waals surface area contributed by atoms with Gasteiger partial charge in [0.25, 0.3) is 0 Å². The Kier molecular flexibility index (Phi) is 13.8. The van der Waals surface area contributed by atoms with Gasteiger partial charge in [-0.2, -0.15) is 0 Å². The summed E-state index contributed by atoms with van der Waals surface area (Å²) in [4.78, 5) is 62.8. The molecule has 3 unspecified atom stereocenters. The Morgan fingerprint density at radius 1 is 0.939 bits per heavy atom. The van der Waals surface area contributed by atoms with Crippen LogP contribution in [0.15, 0.2) is 4.99 Å². The largest absolute Gasteiger partial charge is 0.481 e. The molecule has 3 atom stereocenters. The second kappa shape index (κ2) is 15.4. The number of aliphatic carboxylic acids is 2. The van der Waals surface area contributed by atoms with Gasteiger partial charge < -0.3 is 43.4 Å². The van der Waals surface area contributed by atoms with Crippen molar-refractivity contribution >= 4 is 35.6 Å². The van der Waals surface area contributed by atoms with E-state index in [1.807, 2.05) is 0 Å². The highest BCUT2D eigenvalue weighted by atomic mass is 16.4. The SMILES string of the molecule is CC(C)CC(NC(=O)C(CCC(=O)O)NC(=O)CNC(=O)C(N)CCCN=C(N)N)C(=O)O. The van der Waals surface area contributed by atoms with Crippen LogP contribution >= 0.6 is 0 Å². The molecule has 188 valence electrons. The lowest BCUT2D eigenvalue weighted by atomic mass is 10.0. The monoisotopic (exact) mass is 473 g/mol. The molecule has 11 N–H and O–H groups in total. The highest BCUT2D eigenvalue weighted by Gasteiger charge is 2.27. The smallest absolute Gasteiger partial charge is 0.326 e. The van der Waals surface area contributed by atoms with E-state index in [-0.39, 0.29) is 37.7 Å². The Hall–Kier alpha value is -3.42. The molecule has 3 amide bonds. The van der Waals surface area contributed by atoms with E-state index in [1.165, 1.54) is 0 Å². The molecule has 0 aromatic carbocycles. The molecule has 0 saturated carbocycles. The maximum Gasteiger partial charge on any atom is 0.326 e. The number of guanidine groups is 1. The van der Waals surface area contributed by atoms with Gasteiger partial charge in [-0.25, -0.2) is 4.79 Å².